The number of anilines is 1. The number of aromatic hydroxyl groups is 1. The van der Waals surface area contributed by atoms with Crippen LogP contribution < -0.4 is 5.32 Å². The molecule has 0 aliphatic rings. The lowest BCUT2D eigenvalue weighted by Crippen LogP contribution is -2.13. The number of hydrogen-bond donors (Lipinski definition) is 2. The van der Waals surface area contributed by atoms with Crippen molar-refractivity contribution in [2.75, 3.05) is 11.6 Å². The summed E-state index contributed by atoms with van der Waals surface area (Å²) < 4.78 is 23.0. The Morgan fingerprint density at radius 2 is 1.90 bits per heavy atom. The van der Waals surface area contributed by atoms with E-state index in [9.17, 15) is 18.3 Å². The molecule has 0 aliphatic heterocycles. The van der Waals surface area contributed by atoms with Gasteiger partial charge in [0.2, 0.25) is 0 Å². The Balaban J connectivity index is 2.35. The van der Waals surface area contributed by atoms with E-state index in [0.717, 1.165) is 6.26 Å². The van der Waals surface area contributed by atoms with Crippen molar-refractivity contribution in [3.63, 3.8) is 0 Å². The molecule has 0 unspecified atom stereocenters. The summed E-state index contributed by atoms with van der Waals surface area (Å²) in [6.07, 6.45) is 1.05. The molecule has 7 heteroatoms. The van der Waals surface area contributed by atoms with E-state index in [1.807, 2.05) is 0 Å². The molecule has 2 rings (SSSR count). The summed E-state index contributed by atoms with van der Waals surface area (Å²) in [5.74, 6) is -0.556. The van der Waals surface area contributed by atoms with Gasteiger partial charge in [0.05, 0.1) is 15.5 Å². The largest absolute Gasteiger partial charge is 0.508 e. The van der Waals surface area contributed by atoms with E-state index in [1.54, 1.807) is 12.1 Å². The molecule has 0 fully saturated rings. The van der Waals surface area contributed by atoms with Crippen molar-refractivity contribution in [2.45, 2.75) is 4.90 Å². The molecule has 2 aromatic rings. The highest BCUT2D eigenvalue weighted by Crippen LogP contribution is 2.22. The van der Waals surface area contributed by atoms with E-state index in [-0.39, 0.29) is 21.2 Å². The minimum Gasteiger partial charge on any atom is -0.508 e. The molecule has 110 valence electrons. The summed E-state index contributed by atoms with van der Waals surface area (Å²) in [7, 11) is -3.43. The molecule has 0 saturated heterocycles. The number of phenolic OH excluding ortho intramolecular Hbond substituents is 1. The number of carbonyl (C=O) groups is 1. The van der Waals surface area contributed by atoms with Gasteiger partial charge < -0.3 is 10.4 Å². The smallest absolute Gasteiger partial charge is 0.257 e. The molecule has 0 atom stereocenters. The van der Waals surface area contributed by atoms with E-state index in [0.29, 0.717) is 5.69 Å². The first-order chi connectivity index (χ1) is 9.77. The Kier molecular flexibility index (Phi) is 4.20. The van der Waals surface area contributed by atoms with Crippen LogP contribution in [0.15, 0.2) is 47.4 Å². The molecule has 2 aromatic carbocycles. The fourth-order valence-corrected chi connectivity index (χ4v) is 2.54. The Hall–Kier alpha value is -2.05. The topological polar surface area (TPSA) is 83.5 Å². The number of sulfone groups is 1. The monoisotopic (exact) mass is 325 g/mol. The van der Waals surface area contributed by atoms with Crippen LogP contribution in [0.5, 0.6) is 5.75 Å². The maximum Gasteiger partial charge on any atom is 0.257 e. The van der Waals surface area contributed by atoms with Crippen molar-refractivity contribution in [1.29, 1.82) is 0 Å². The molecule has 0 aliphatic carbocycles. The summed E-state index contributed by atoms with van der Waals surface area (Å²) >= 11 is 5.93. The summed E-state index contributed by atoms with van der Waals surface area (Å²) in [5, 5.41) is 12.0. The molecule has 0 spiro atoms. The second kappa shape index (κ2) is 5.75. The number of amides is 1. The zero-order valence-corrected chi connectivity index (χ0v) is 12.6. The van der Waals surface area contributed by atoms with Gasteiger partial charge in [0.15, 0.2) is 9.84 Å². The number of rotatable bonds is 3. The van der Waals surface area contributed by atoms with Crippen molar-refractivity contribution in [1.82, 2.24) is 0 Å². The van der Waals surface area contributed by atoms with Crippen LogP contribution in [0.4, 0.5) is 5.69 Å². The number of carbonyl (C=O) groups excluding carboxylic acids is 1. The lowest BCUT2D eigenvalue weighted by Gasteiger charge is -2.08. The minimum absolute atomic E-state index is 0.00350. The van der Waals surface area contributed by atoms with Crippen molar-refractivity contribution in [3.05, 3.63) is 53.1 Å². The molecule has 5 nitrogen and oxygen atoms in total. The molecule has 0 saturated carbocycles. The number of phenols is 1. The molecule has 0 heterocycles. The van der Waals surface area contributed by atoms with Crippen LogP contribution in [-0.4, -0.2) is 25.7 Å². The number of nitrogens with one attached hydrogen (secondary N) is 1. The van der Waals surface area contributed by atoms with Crippen molar-refractivity contribution >= 4 is 33.0 Å². The van der Waals surface area contributed by atoms with Gasteiger partial charge in [-0.05, 0) is 30.3 Å². The summed E-state index contributed by atoms with van der Waals surface area (Å²) in [5.41, 5.74) is 0.420. The second-order valence-corrected chi connectivity index (χ2v) is 6.84. The first-order valence-corrected chi connectivity index (χ1v) is 8.14. The van der Waals surface area contributed by atoms with Gasteiger partial charge in [-0.2, -0.15) is 0 Å². The Morgan fingerprint density at radius 1 is 1.19 bits per heavy atom. The average Bonchev–Trinajstić information content (AvgIpc) is 2.37. The van der Waals surface area contributed by atoms with E-state index in [2.05, 4.69) is 5.32 Å². The molecule has 0 bridgehead atoms. The zero-order valence-electron chi connectivity index (χ0n) is 11.0. The number of benzene rings is 2. The maximum absolute atomic E-state index is 12.2. The van der Waals surface area contributed by atoms with Crippen molar-refractivity contribution < 1.29 is 18.3 Å². The Bertz CT molecular complexity index is 802. The predicted octanol–water partition coefficient (Wildman–Crippen LogP) is 2.70. The maximum atomic E-state index is 12.2. The first kappa shape index (κ1) is 15.3. The van der Waals surface area contributed by atoms with Crippen LogP contribution in [0.1, 0.15) is 10.4 Å². The minimum atomic E-state index is -3.43. The summed E-state index contributed by atoms with van der Waals surface area (Å²) in [6, 6.07) is 9.90. The third-order valence-electron chi connectivity index (χ3n) is 2.71. The molecule has 0 radical (unpaired) electrons. The molecule has 1 amide bonds. The molecular formula is C14H12ClNO4S. The van der Waals surface area contributed by atoms with Gasteiger partial charge in [-0.25, -0.2) is 8.42 Å². The molecular weight excluding hydrogens is 314 g/mol. The van der Waals surface area contributed by atoms with Crippen LogP contribution in [0.3, 0.4) is 0 Å². The van der Waals surface area contributed by atoms with Gasteiger partial charge in [-0.1, -0.05) is 17.7 Å². The highest BCUT2D eigenvalue weighted by molar-refractivity contribution is 7.90. The van der Waals surface area contributed by atoms with Crippen LogP contribution in [0.2, 0.25) is 5.02 Å². The lowest BCUT2D eigenvalue weighted by atomic mass is 10.2. The van der Waals surface area contributed by atoms with Gasteiger partial charge >= 0.3 is 0 Å². The number of hydrogen-bond acceptors (Lipinski definition) is 4. The van der Waals surface area contributed by atoms with E-state index >= 15 is 0 Å². The van der Waals surface area contributed by atoms with Gasteiger partial charge in [0, 0.05) is 18.0 Å². The molecule has 2 N–H and O–H groups in total. The normalized spacial score (nSPS) is 11.1. The van der Waals surface area contributed by atoms with Crippen molar-refractivity contribution in [2.24, 2.45) is 0 Å². The van der Waals surface area contributed by atoms with Gasteiger partial charge in [0.25, 0.3) is 5.91 Å². The van der Waals surface area contributed by atoms with Crippen LogP contribution >= 0.6 is 11.6 Å². The summed E-state index contributed by atoms with van der Waals surface area (Å²) in [4.78, 5) is 12.2. The first-order valence-electron chi connectivity index (χ1n) is 5.87. The SMILES string of the molecule is CS(=O)(=O)c1ccc(Cl)c(C(=O)Nc2cccc(O)c2)c1. The third kappa shape index (κ3) is 3.74. The standard InChI is InChI=1S/C14H12ClNO4S/c1-21(19,20)11-5-6-13(15)12(8-11)14(18)16-9-3-2-4-10(17)7-9/h2-8,17H,1H3,(H,16,18). The lowest BCUT2D eigenvalue weighted by molar-refractivity contribution is 0.102. The summed E-state index contributed by atoms with van der Waals surface area (Å²) in [6.45, 7) is 0. The third-order valence-corrected chi connectivity index (χ3v) is 4.15. The Labute approximate surface area is 127 Å². The molecule has 21 heavy (non-hydrogen) atoms. The van der Waals surface area contributed by atoms with Gasteiger partial charge in [-0.15, -0.1) is 0 Å². The molecule has 0 aromatic heterocycles. The van der Waals surface area contributed by atoms with E-state index in [1.165, 1.54) is 30.3 Å². The van der Waals surface area contributed by atoms with Gasteiger partial charge in [-0.3, -0.25) is 4.79 Å². The van der Waals surface area contributed by atoms with Crippen LogP contribution in [-0.2, 0) is 9.84 Å². The number of halogens is 1. The highest BCUT2D eigenvalue weighted by Gasteiger charge is 2.15. The van der Waals surface area contributed by atoms with Gasteiger partial charge in [0.1, 0.15) is 5.75 Å². The zero-order chi connectivity index (χ0) is 15.6. The van der Waals surface area contributed by atoms with E-state index in [4.69, 9.17) is 11.6 Å². The van der Waals surface area contributed by atoms with E-state index < -0.39 is 15.7 Å². The fourth-order valence-electron chi connectivity index (χ4n) is 1.69. The van der Waals surface area contributed by atoms with Crippen LogP contribution in [0.25, 0.3) is 0 Å². The van der Waals surface area contributed by atoms with Crippen LogP contribution in [0, 0.1) is 0 Å². The van der Waals surface area contributed by atoms with Crippen molar-refractivity contribution in [3.8, 4) is 5.75 Å². The second-order valence-electron chi connectivity index (χ2n) is 4.42. The predicted molar refractivity (Wildman–Crippen MR) is 80.6 cm³/mol. The average molecular weight is 326 g/mol. The fraction of sp³-hybridized carbons (Fsp3) is 0.0714. The highest BCUT2D eigenvalue weighted by atomic mass is 35.5. The Morgan fingerprint density at radius 3 is 2.52 bits per heavy atom. The quantitative estimate of drug-likeness (QED) is 0.908.